The SMILES string of the molecule is CN1CCCC(CC(N)C(N)=O)C1. The molecule has 0 radical (unpaired) electrons. The fourth-order valence-electron chi connectivity index (χ4n) is 1.94. The molecule has 2 unspecified atom stereocenters. The summed E-state index contributed by atoms with van der Waals surface area (Å²) in [5, 5.41) is 0. The molecule has 0 aromatic carbocycles. The van der Waals surface area contributed by atoms with E-state index < -0.39 is 6.04 Å². The molecule has 0 aromatic rings. The number of hydrogen-bond acceptors (Lipinski definition) is 3. The molecule has 0 aromatic heterocycles. The van der Waals surface area contributed by atoms with E-state index in [-0.39, 0.29) is 5.91 Å². The number of nitrogens with zero attached hydrogens (tertiary/aromatic N) is 1. The lowest BCUT2D eigenvalue weighted by Crippen LogP contribution is -2.41. The van der Waals surface area contributed by atoms with Gasteiger partial charge in [-0.2, -0.15) is 0 Å². The first-order valence-electron chi connectivity index (χ1n) is 4.83. The van der Waals surface area contributed by atoms with Gasteiger partial charge in [0.1, 0.15) is 0 Å². The van der Waals surface area contributed by atoms with E-state index >= 15 is 0 Å². The Labute approximate surface area is 79.3 Å². The van der Waals surface area contributed by atoms with Crippen molar-refractivity contribution >= 4 is 5.91 Å². The summed E-state index contributed by atoms with van der Waals surface area (Å²) >= 11 is 0. The highest BCUT2D eigenvalue weighted by molar-refractivity contribution is 5.79. The van der Waals surface area contributed by atoms with Gasteiger partial charge in [0, 0.05) is 6.54 Å². The van der Waals surface area contributed by atoms with Crippen LogP contribution in [0.1, 0.15) is 19.3 Å². The smallest absolute Gasteiger partial charge is 0.234 e. The largest absolute Gasteiger partial charge is 0.368 e. The van der Waals surface area contributed by atoms with E-state index in [0.29, 0.717) is 5.92 Å². The summed E-state index contributed by atoms with van der Waals surface area (Å²) in [4.78, 5) is 13.0. The molecule has 4 nitrogen and oxygen atoms in total. The van der Waals surface area contributed by atoms with Crippen LogP contribution in [0.3, 0.4) is 0 Å². The number of primary amides is 1. The molecule has 0 aliphatic carbocycles. The van der Waals surface area contributed by atoms with E-state index in [1.54, 1.807) is 0 Å². The van der Waals surface area contributed by atoms with Gasteiger partial charge in [-0.05, 0) is 38.8 Å². The molecule has 4 N–H and O–H groups in total. The maximum absolute atomic E-state index is 10.7. The highest BCUT2D eigenvalue weighted by atomic mass is 16.1. The van der Waals surface area contributed by atoms with Crippen molar-refractivity contribution < 1.29 is 4.79 Å². The molecule has 4 heteroatoms. The summed E-state index contributed by atoms with van der Waals surface area (Å²) in [7, 11) is 2.10. The zero-order valence-corrected chi connectivity index (χ0v) is 8.20. The minimum Gasteiger partial charge on any atom is -0.368 e. The van der Waals surface area contributed by atoms with Crippen LogP contribution in [-0.4, -0.2) is 37.0 Å². The Morgan fingerprint density at radius 1 is 1.69 bits per heavy atom. The lowest BCUT2D eigenvalue weighted by Gasteiger charge is -2.30. The van der Waals surface area contributed by atoms with Crippen molar-refractivity contribution in [1.29, 1.82) is 0 Å². The van der Waals surface area contributed by atoms with E-state index in [4.69, 9.17) is 11.5 Å². The van der Waals surface area contributed by atoms with Crippen LogP contribution in [0.4, 0.5) is 0 Å². The van der Waals surface area contributed by atoms with Crippen LogP contribution in [0, 0.1) is 5.92 Å². The molecule has 2 atom stereocenters. The Morgan fingerprint density at radius 2 is 2.38 bits per heavy atom. The Balaban J connectivity index is 2.31. The second-order valence-corrected chi connectivity index (χ2v) is 4.02. The van der Waals surface area contributed by atoms with Gasteiger partial charge >= 0.3 is 0 Å². The molecule has 0 bridgehead atoms. The summed E-state index contributed by atoms with van der Waals surface area (Å²) in [6, 6.07) is -0.462. The fraction of sp³-hybridized carbons (Fsp3) is 0.889. The first kappa shape index (κ1) is 10.5. The van der Waals surface area contributed by atoms with Crippen LogP contribution < -0.4 is 11.5 Å². The standard InChI is InChI=1S/C9H19N3O/c1-12-4-2-3-7(6-12)5-8(10)9(11)13/h7-8H,2-6,10H2,1H3,(H2,11,13). The predicted octanol–water partition coefficient (Wildman–Crippen LogP) is -0.469. The number of piperidine rings is 1. The summed E-state index contributed by atoms with van der Waals surface area (Å²) in [5.74, 6) is 0.162. The first-order valence-corrected chi connectivity index (χ1v) is 4.83. The van der Waals surface area contributed by atoms with Crippen LogP contribution in [-0.2, 0) is 4.79 Å². The predicted molar refractivity (Wildman–Crippen MR) is 52.0 cm³/mol. The van der Waals surface area contributed by atoms with Gasteiger partial charge in [-0.25, -0.2) is 0 Å². The number of carbonyl (C=O) groups is 1. The average Bonchev–Trinajstić information content (AvgIpc) is 2.04. The van der Waals surface area contributed by atoms with Crippen LogP contribution in [0.2, 0.25) is 0 Å². The molecule has 13 heavy (non-hydrogen) atoms. The minimum atomic E-state index is -0.462. The Morgan fingerprint density at radius 3 is 2.92 bits per heavy atom. The summed E-state index contributed by atoms with van der Waals surface area (Å²) in [6.45, 7) is 2.20. The van der Waals surface area contributed by atoms with E-state index in [9.17, 15) is 4.79 Å². The van der Waals surface area contributed by atoms with Crippen molar-refractivity contribution in [2.45, 2.75) is 25.3 Å². The Bertz CT molecular complexity index is 184. The summed E-state index contributed by atoms with van der Waals surface area (Å²) < 4.78 is 0. The van der Waals surface area contributed by atoms with Gasteiger partial charge in [-0.15, -0.1) is 0 Å². The highest BCUT2D eigenvalue weighted by Crippen LogP contribution is 2.19. The maximum Gasteiger partial charge on any atom is 0.234 e. The molecule has 1 fully saturated rings. The van der Waals surface area contributed by atoms with Crippen molar-refractivity contribution in [2.24, 2.45) is 17.4 Å². The average molecular weight is 185 g/mol. The van der Waals surface area contributed by atoms with Gasteiger partial charge in [-0.3, -0.25) is 4.79 Å². The number of amides is 1. The molecule has 1 amide bonds. The van der Waals surface area contributed by atoms with Gasteiger partial charge < -0.3 is 16.4 Å². The van der Waals surface area contributed by atoms with Crippen molar-refractivity contribution in [3.63, 3.8) is 0 Å². The van der Waals surface area contributed by atoms with Crippen molar-refractivity contribution in [3.05, 3.63) is 0 Å². The molecule has 1 rings (SSSR count). The number of carbonyl (C=O) groups excluding carboxylic acids is 1. The normalized spacial score (nSPS) is 27.1. The lowest BCUT2D eigenvalue weighted by molar-refractivity contribution is -0.119. The Kier molecular flexibility index (Phi) is 3.69. The third-order valence-electron chi connectivity index (χ3n) is 2.67. The zero-order valence-electron chi connectivity index (χ0n) is 8.20. The van der Waals surface area contributed by atoms with Gasteiger partial charge in [0.2, 0.25) is 5.91 Å². The molecular weight excluding hydrogens is 166 g/mol. The quantitative estimate of drug-likeness (QED) is 0.624. The zero-order chi connectivity index (χ0) is 9.84. The second-order valence-electron chi connectivity index (χ2n) is 4.02. The molecule has 1 saturated heterocycles. The molecular formula is C9H19N3O. The van der Waals surface area contributed by atoms with E-state index in [1.165, 1.54) is 12.8 Å². The van der Waals surface area contributed by atoms with E-state index in [1.807, 2.05) is 0 Å². The number of nitrogens with two attached hydrogens (primary N) is 2. The summed E-state index contributed by atoms with van der Waals surface area (Å²) in [5.41, 5.74) is 10.7. The number of rotatable bonds is 3. The topological polar surface area (TPSA) is 72.3 Å². The number of hydrogen-bond donors (Lipinski definition) is 2. The minimum absolute atomic E-state index is 0.381. The molecule has 0 spiro atoms. The fourth-order valence-corrected chi connectivity index (χ4v) is 1.94. The monoisotopic (exact) mass is 185 g/mol. The lowest BCUT2D eigenvalue weighted by atomic mass is 9.92. The van der Waals surface area contributed by atoms with Gasteiger partial charge in [0.15, 0.2) is 0 Å². The highest BCUT2D eigenvalue weighted by Gasteiger charge is 2.21. The van der Waals surface area contributed by atoms with E-state index in [2.05, 4.69) is 11.9 Å². The van der Waals surface area contributed by atoms with Crippen LogP contribution >= 0.6 is 0 Å². The van der Waals surface area contributed by atoms with E-state index in [0.717, 1.165) is 19.5 Å². The third kappa shape index (κ3) is 3.32. The van der Waals surface area contributed by atoms with Crippen molar-refractivity contribution in [3.8, 4) is 0 Å². The third-order valence-corrected chi connectivity index (χ3v) is 2.67. The molecule has 1 aliphatic rings. The van der Waals surface area contributed by atoms with Gasteiger partial charge in [0.05, 0.1) is 6.04 Å². The van der Waals surface area contributed by atoms with Crippen LogP contribution in [0.15, 0.2) is 0 Å². The molecule has 0 saturated carbocycles. The van der Waals surface area contributed by atoms with Gasteiger partial charge in [0.25, 0.3) is 0 Å². The molecule has 1 aliphatic heterocycles. The number of likely N-dealkylation sites (tertiary alicyclic amines) is 1. The molecule has 1 heterocycles. The van der Waals surface area contributed by atoms with Crippen LogP contribution in [0.5, 0.6) is 0 Å². The van der Waals surface area contributed by atoms with Gasteiger partial charge in [-0.1, -0.05) is 0 Å². The summed E-state index contributed by atoms with van der Waals surface area (Å²) in [6.07, 6.45) is 3.11. The maximum atomic E-state index is 10.7. The van der Waals surface area contributed by atoms with Crippen molar-refractivity contribution in [2.75, 3.05) is 20.1 Å². The van der Waals surface area contributed by atoms with Crippen LogP contribution in [0.25, 0.3) is 0 Å². The molecule has 76 valence electrons. The Hall–Kier alpha value is -0.610. The second kappa shape index (κ2) is 4.58. The van der Waals surface area contributed by atoms with Crippen molar-refractivity contribution in [1.82, 2.24) is 4.90 Å². The first-order chi connectivity index (χ1) is 6.09.